The van der Waals surface area contributed by atoms with Gasteiger partial charge in [-0.3, -0.25) is 9.69 Å². The maximum absolute atomic E-state index is 12.9. The van der Waals surface area contributed by atoms with Crippen LogP contribution in [-0.4, -0.2) is 58.6 Å². The van der Waals surface area contributed by atoms with Crippen molar-refractivity contribution in [1.82, 2.24) is 9.62 Å². The molecule has 2 heterocycles. The van der Waals surface area contributed by atoms with Gasteiger partial charge in [-0.2, -0.15) is 0 Å². The molecule has 0 bridgehead atoms. The number of hydrogen-bond acceptors (Lipinski definition) is 6. The highest BCUT2D eigenvalue weighted by Crippen LogP contribution is 2.31. The Morgan fingerprint density at radius 2 is 1.80 bits per heavy atom. The van der Waals surface area contributed by atoms with Gasteiger partial charge in [0.25, 0.3) is 0 Å². The number of nitrogens with zero attached hydrogens (tertiary/aromatic N) is 2. The van der Waals surface area contributed by atoms with Crippen LogP contribution in [0.2, 0.25) is 0 Å². The zero-order valence-corrected chi connectivity index (χ0v) is 19.6. The van der Waals surface area contributed by atoms with Crippen molar-refractivity contribution in [2.45, 2.75) is 57.4 Å². The van der Waals surface area contributed by atoms with Gasteiger partial charge in [-0.1, -0.05) is 13.3 Å². The van der Waals surface area contributed by atoms with Gasteiger partial charge < -0.3 is 0 Å². The Kier molecular flexibility index (Phi) is 6.35. The molecule has 1 aromatic carbocycles. The lowest BCUT2D eigenvalue weighted by Gasteiger charge is -2.41. The van der Waals surface area contributed by atoms with E-state index < -0.39 is 31.9 Å². The smallest absolute Gasteiger partial charge is 0.244 e. The summed E-state index contributed by atoms with van der Waals surface area (Å²) >= 11 is 0. The van der Waals surface area contributed by atoms with Gasteiger partial charge in [0.15, 0.2) is 0 Å². The number of amides is 1. The summed E-state index contributed by atoms with van der Waals surface area (Å²) < 4.78 is 54.0. The molecular weight excluding hydrogens is 426 g/mol. The number of aryl methyl sites for hydroxylation is 1. The number of carbonyl (C=O) groups excluding carboxylic acids is 1. The lowest BCUT2D eigenvalue weighted by atomic mass is 9.99. The third-order valence-electron chi connectivity index (χ3n) is 5.95. The predicted molar refractivity (Wildman–Crippen MR) is 116 cm³/mol. The van der Waals surface area contributed by atoms with E-state index in [0.717, 1.165) is 30.2 Å². The average Bonchev–Trinajstić information content (AvgIpc) is 2.87. The molecule has 3 rings (SSSR count). The van der Waals surface area contributed by atoms with Crippen LogP contribution in [0.15, 0.2) is 23.1 Å². The lowest BCUT2D eigenvalue weighted by molar-refractivity contribution is -0.119. The minimum Gasteiger partial charge on any atom is -0.297 e. The Labute approximate surface area is 179 Å². The maximum Gasteiger partial charge on any atom is 0.244 e. The number of anilines is 1. The minimum absolute atomic E-state index is 0.0813. The molecule has 30 heavy (non-hydrogen) atoms. The summed E-state index contributed by atoms with van der Waals surface area (Å²) in [6, 6.07) is 4.19. The number of sulfonamides is 2. The number of hydrogen-bond donors (Lipinski definition) is 1. The molecule has 2 aliphatic rings. The second kappa shape index (κ2) is 8.22. The monoisotopic (exact) mass is 457 g/mol. The van der Waals surface area contributed by atoms with Crippen LogP contribution in [-0.2, 0) is 24.8 Å². The number of nitrogens with one attached hydrogen (secondary N) is 1. The first-order valence-corrected chi connectivity index (χ1v) is 13.4. The molecule has 1 aromatic rings. The quantitative estimate of drug-likeness (QED) is 0.699. The van der Waals surface area contributed by atoms with Crippen molar-refractivity contribution in [3.63, 3.8) is 0 Å². The van der Waals surface area contributed by atoms with Crippen LogP contribution in [0.1, 0.15) is 45.6 Å². The summed E-state index contributed by atoms with van der Waals surface area (Å²) in [6.07, 6.45) is 3.44. The van der Waals surface area contributed by atoms with E-state index in [2.05, 4.69) is 9.62 Å². The Balaban J connectivity index is 1.79. The standard InChI is InChI=1S/C20H31N3O5S2/c1-15-12-17(23-19(24)16(2)13-29(23,25)26)8-9-18(15)30(27,28)21-14-20(3,4)22-10-6-5-7-11-22/h8-9,12,16,21H,5-7,10-11,13-14H2,1-4H3. The number of likely N-dealkylation sites (tertiary alicyclic amines) is 1. The van der Waals surface area contributed by atoms with E-state index in [-0.39, 0.29) is 28.4 Å². The molecule has 2 aliphatic heterocycles. The molecule has 1 atom stereocenters. The van der Waals surface area contributed by atoms with Crippen molar-refractivity contribution in [2.75, 3.05) is 29.7 Å². The third-order valence-corrected chi connectivity index (χ3v) is 9.38. The molecule has 8 nitrogen and oxygen atoms in total. The first-order valence-electron chi connectivity index (χ1n) is 10.3. The molecule has 0 aromatic heterocycles. The average molecular weight is 458 g/mol. The summed E-state index contributed by atoms with van der Waals surface area (Å²) in [5.74, 6) is -1.35. The molecule has 0 aliphatic carbocycles. The highest BCUT2D eigenvalue weighted by Gasteiger charge is 2.42. The van der Waals surface area contributed by atoms with Gasteiger partial charge in [0.05, 0.1) is 22.3 Å². The summed E-state index contributed by atoms with van der Waals surface area (Å²) in [6.45, 7) is 9.42. The van der Waals surface area contributed by atoms with Gasteiger partial charge in [0.2, 0.25) is 26.0 Å². The molecule has 10 heteroatoms. The van der Waals surface area contributed by atoms with Crippen molar-refractivity contribution in [3.05, 3.63) is 23.8 Å². The second-order valence-electron chi connectivity index (χ2n) is 8.92. The minimum atomic E-state index is -3.79. The largest absolute Gasteiger partial charge is 0.297 e. The molecule has 1 unspecified atom stereocenters. The van der Waals surface area contributed by atoms with Crippen molar-refractivity contribution in [2.24, 2.45) is 5.92 Å². The van der Waals surface area contributed by atoms with Crippen LogP contribution >= 0.6 is 0 Å². The van der Waals surface area contributed by atoms with E-state index in [1.54, 1.807) is 13.8 Å². The summed E-state index contributed by atoms with van der Waals surface area (Å²) in [5.41, 5.74) is 0.251. The number of piperidine rings is 1. The van der Waals surface area contributed by atoms with E-state index in [0.29, 0.717) is 5.56 Å². The van der Waals surface area contributed by atoms with Crippen LogP contribution in [0.3, 0.4) is 0 Å². The molecule has 1 amide bonds. The van der Waals surface area contributed by atoms with Gasteiger partial charge >= 0.3 is 0 Å². The van der Waals surface area contributed by atoms with Crippen LogP contribution in [0.4, 0.5) is 5.69 Å². The Bertz CT molecular complexity index is 1030. The Morgan fingerprint density at radius 3 is 2.33 bits per heavy atom. The Morgan fingerprint density at radius 1 is 1.17 bits per heavy atom. The first kappa shape index (κ1) is 23.2. The summed E-state index contributed by atoms with van der Waals surface area (Å²) in [4.78, 5) is 14.7. The molecule has 0 radical (unpaired) electrons. The molecule has 0 spiro atoms. The molecule has 2 saturated heterocycles. The van der Waals surface area contributed by atoms with E-state index in [9.17, 15) is 21.6 Å². The van der Waals surface area contributed by atoms with E-state index in [4.69, 9.17) is 0 Å². The highest BCUT2D eigenvalue weighted by molar-refractivity contribution is 7.94. The van der Waals surface area contributed by atoms with Gasteiger partial charge in [0.1, 0.15) is 0 Å². The molecular formula is C20H31N3O5S2. The second-order valence-corrected chi connectivity index (χ2v) is 12.5. The number of rotatable bonds is 6. The van der Waals surface area contributed by atoms with Crippen LogP contribution in [0, 0.1) is 12.8 Å². The van der Waals surface area contributed by atoms with Gasteiger partial charge in [-0.05, 0) is 70.5 Å². The summed E-state index contributed by atoms with van der Waals surface area (Å²) in [5, 5.41) is 0. The normalized spacial score (nSPS) is 23.1. The van der Waals surface area contributed by atoms with Crippen molar-refractivity contribution >= 4 is 31.6 Å². The highest BCUT2D eigenvalue weighted by atomic mass is 32.2. The van der Waals surface area contributed by atoms with Crippen LogP contribution in [0.25, 0.3) is 0 Å². The zero-order chi connectivity index (χ0) is 22.3. The SMILES string of the molecule is Cc1cc(N2C(=O)C(C)CS2(=O)=O)ccc1S(=O)(=O)NCC(C)(C)N1CCCCC1. The fraction of sp³-hybridized carbons (Fsp3) is 0.650. The van der Waals surface area contributed by atoms with Crippen LogP contribution < -0.4 is 9.03 Å². The van der Waals surface area contributed by atoms with E-state index in [1.165, 1.54) is 24.6 Å². The number of carbonyl (C=O) groups is 1. The van der Waals surface area contributed by atoms with Gasteiger partial charge in [-0.25, -0.2) is 25.9 Å². The topological polar surface area (TPSA) is 104 Å². The first-order chi connectivity index (χ1) is 13.8. The van der Waals surface area contributed by atoms with E-state index in [1.807, 2.05) is 13.8 Å². The fourth-order valence-corrected chi connectivity index (χ4v) is 7.35. The van der Waals surface area contributed by atoms with E-state index >= 15 is 0 Å². The van der Waals surface area contributed by atoms with Crippen LogP contribution in [0.5, 0.6) is 0 Å². The molecule has 1 N–H and O–H groups in total. The fourth-order valence-electron chi connectivity index (χ4n) is 4.11. The van der Waals surface area contributed by atoms with Gasteiger partial charge in [-0.15, -0.1) is 0 Å². The molecule has 168 valence electrons. The third kappa shape index (κ3) is 4.56. The van der Waals surface area contributed by atoms with Crippen molar-refractivity contribution in [1.29, 1.82) is 0 Å². The lowest BCUT2D eigenvalue weighted by Crippen LogP contribution is -2.53. The number of benzene rings is 1. The summed E-state index contributed by atoms with van der Waals surface area (Å²) in [7, 11) is -7.52. The molecule has 2 fully saturated rings. The van der Waals surface area contributed by atoms with Crippen molar-refractivity contribution in [3.8, 4) is 0 Å². The zero-order valence-electron chi connectivity index (χ0n) is 18.0. The van der Waals surface area contributed by atoms with Gasteiger partial charge in [0, 0.05) is 12.1 Å². The maximum atomic E-state index is 12.9. The predicted octanol–water partition coefficient (Wildman–Crippen LogP) is 1.85. The van der Waals surface area contributed by atoms with Crippen molar-refractivity contribution < 1.29 is 21.6 Å². The Hall–Kier alpha value is -1.49. The molecule has 0 saturated carbocycles.